The van der Waals surface area contributed by atoms with E-state index >= 15 is 0 Å². The summed E-state index contributed by atoms with van der Waals surface area (Å²) in [6.45, 7) is 3.84. The minimum absolute atomic E-state index is 0.0279. The Morgan fingerprint density at radius 1 is 1.35 bits per heavy atom. The molecule has 0 bridgehead atoms. The van der Waals surface area contributed by atoms with Gasteiger partial charge in [-0.3, -0.25) is 9.59 Å². The molecule has 1 aromatic carbocycles. The van der Waals surface area contributed by atoms with Gasteiger partial charge in [-0.25, -0.2) is 0 Å². The summed E-state index contributed by atoms with van der Waals surface area (Å²) in [6.07, 6.45) is 3.07. The van der Waals surface area contributed by atoms with E-state index in [0.29, 0.717) is 24.5 Å². The lowest BCUT2D eigenvalue weighted by Crippen LogP contribution is -2.37. The second-order valence-electron chi connectivity index (χ2n) is 5.51. The zero-order chi connectivity index (χ0) is 16.5. The fraction of sp³-hybridized carbons (Fsp3) is 0.529. The number of ether oxygens (including phenoxy) is 2. The molecule has 2 N–H and O–H groups in total. The summed E-state index contributed by atoms with van der Waals surface area (Å²) in [7, 11) is 0. The third-order valence-corrected chi connectivity index (χ3v) is 3.54. The van der Waals surface area contributed by atoms with Gasteiger partial charge in [0.1, 0.15) is 12.4 Å². The lowest BCUT2D eigenvalue weighted by atomic mass is 10.2. The smallest absolute Gasteiger partial charge is 0.251 e. The van der Waals surface area contributed by atoms with Crippen LogP contribution in [0.5, 0.6) is 5.75 Å². The van der Waals surface area contributed by atoms with Crippen LogP contribution in [0.15, 0.2) is 24.3 Å². The molecule has 1 saturated heterocycles. The standard InChI is InChI=1S/C17H24N2O4/c1-2-8-18-16(20)11-19-17(21)13-5-3-6-14(10-13)23-12-15-7-4-9-22-15/h3,5-6,10,15H,2,4,7-9,11-12H2,1H3,(H,18,20)(H,19,21). The molecule has 23 heavy (non-hydrogen) atoms. The van der Waals surface area contributed by atoms with Crippen LogP contribution in [0.3, 0.4) is 0 Å². The van der Waals surface area contributed by atoms with E-state index in [1.54, 1.807) is 24.3 Å². The van der Waals surface area contributed by atoms with Crippen molar-refractivity contribution in [3.63, 3.8) is 0 Å². The molecule has 0 radical (unpaired) electrons. The van der Waals surface area contributed by atoms with E-state index in [-0.39, 0.29) is 24.5 Å². The topological polar surface area (TPSA) is 76.7 Å². The maximum atomic E-state index is 12.1. The third-order valence-electron chi connectivity index (χ3n) is 3.54. The predicted octanol–water partition coefficient (Wildman–Crippen LogP) is 1.50. The molecule has 1 fully saturated rings. The van der Waals surface area contributed by atoms with Crippen LogP contribution in [-0.2, 0) is 9.53 Å². The van der Waals surface area contributed by atoms with Crippen LogP contribution in [0, 0.1) is 0 Å². The van der Waals surface area contributed by atoms with Crippen LogP contribution >= 0.6 is 0 Å². The van der Waals surface area contributed by atoms with Crippen molar-refractivity contribution in [2.45, 2.75) is 32.3 Å². The molecule has 126 valence electrons. The number of amides is 2. The zero-order valence-electron chi connectivity index (χ0n) is 13.5. The Balaban J connectivity index is 1.80. The summed E-state index contributed by atoms with van der Waals surface area (Å²) >= 11 is 0. The summed E-state index contributed by atoms with van der Waals surface area (Å²) < 4.78 is 11.2. The van der Waals surface area contributed by atoms with Gasteiger partial charge in [0.05, 0.1) is 12.6 Å². The molecule has 1 atom stereocenters. The first kappa shape index (κ1) is 17.3. The number of carbonyl (C=O) groups is 2. The first-order chi connectivity index (χ1) is 11.2. The molecule has 1 unspecified atom stereocenters. The zero-order valence-corrected chi connectivity index (χ0v) is 13.5. The molecular formula is C17H24N2O4. The third kappa shape index (κ3) is 5.90. The van der Waals surface area contributed by atoms with Crippen molar-refractivity contribution >= 4 is 11.8 Å². The molecule has 1 aliphatic heterocycles. The highest BCUT2D eigenvalue weighted by Crippen LogP contribution is 2.17. The molecule has 1 aromatic rings. The molecular weight excluding hydrogens is 296 g/mol. The van der Waals surface area contributed by atoms with E-state index in [2.05, 4.69) is 10.6 Å². The lowest BCUT2D eigenvalue weighted by molar-refractivity contribution is -0.120. The Kier molecular flexibility index (Phi) is 6.87. The number of carbonyl (C=O) groups excluding carboxylic acids is 2. The normalized spacial score (nSPS) is 16.8. The average molecular weight is 320 g/mol. The van der Waals surface area contributed by atoms with Crippen molar-refractivity contribution in [3.8, 4) is 5.75 Å². The maximum Gasteiger partial charge on any atom is 0.251 e. The van der Waals surface area contributed by atoms with Crippen molar-refractivity contribution < 1.29 is 19.1 Å². The second-order valence-corrected chi connectivity index (χ2v) is 5.51. The van der Waals surface area contributed by atoms with Gasteiger partial charge in [-0.2, -0.15) is 0 Å². The number of hydrogen-bond donors (Lipinski definition) is 2. The lowest BCUT2D eigenvalue weighted by Gasteiger charge is -2.12. The van der Waals surface area contributed by atoms with Gasteiger partial charge in [-0.1, -0.05) is 13.0 Å². The monoisotopic (exact) mass is 320 g/mol. The minimum Gasteiger partial charge on any atom is -0.491 e. The van der Waals surface area contributed by atoms with Crippen molar-refractivity contribution in [2.75, 3.05) is 26.3 Å². The average Bonchev–Trinajstić information content (AvgIpc) is 3.09. The maximum absolute atomic E-state index is 12.1. The van der Waals surface area contributed by atoms with Crippen LogP contribution in [0.25, 0.3) is 0 Å². The Hall–Kier alpha value is -2.08. The summed E-state index contributed by atoms with van der Waals surface area (Å²) in [5.41, 5.74) is 0.470. The Labute approximate surface area is 136 Å². The summed E-state index contributed by atoms with van der Waals surface area (Å²) in [5.74, 6) is 0.147. The minimum atomic E-state index is -0.292. The van der Waals surface area contributed by atoms with E-state index in [1.807, 2.05) is 6.92 Å². The van der Waals surface area contributed by atoms with Gasteiger partial charge in [0.25, 0.3) is 5.91 Å². The SMILES string of the molecule is CCCNC(=O)CNC(=O)c1cccc(OCC2CCCO2)c1. The quantitative estimate of drug-likeness (QED) is 0.761. The van der Waals surface area contributed by atoms with E-state index in [4.69, 9.17) is 9.47 Å². The first-order valence-corrected chi connectivity index (χ1v) is 8.08. The van der Waals surface area contributed by atoms with Gasteiger partial charge in [-0.05, 0) is 37.5 Å². The predicted molar refractivity (Wildman–Crippen MR) is 86.5 cm³/mol. The van der Waals surface area contributed by atoms with Crippen molar-refractivity contribution in [1.29, 1.82) is 0 Å². The van der Waals surface area contributed by atoms with Crippen molar-refractivity contribution in [3.05, 3.63) is 29.8 Å². The van der Waals surface area contributed by atoms with E-state index < -0.39 is 0 Å². The fourth-order valence-corrected chi connectivity index (χ4v) is 2.28. The largest absolute Gasteiger partial charge is 0.491 e. The van der Waals surface area contributed by atoms with Crippen molar-refractivity contribution in [1.82, 2.24) is 10.6 Å². The fourth-order valence-electron chi connectivity index (χ4n) is 2.28. The van der Waals surface area contributed by atoms with Crippen LogP contribution in [-0.4, -0.2) is 44.2 Å². The Bertz CT molecular complexity index is 527. The second kappa shape index (κ2) is 9.15. The van der Waals surface area contributed by atoms with Gasteiger partial charge in [0.2, 0.25) is 5.91 Å². The summed E-state index contributed by atoms with van der Waals surface area (Å²) in [6, 6.07) is 6.93. The van der Waals surface area contributed by atoms with Gasteiger partial charge < -0.3 is 20.1 Å². The highest BCUT2D eigenvalue weighted by molar-refractivity contribution is 5.96. The van der Waals surface area contributed by atoms with E-state index in [0.717, 1.165) is 25.9 Å². The summed E-state index contributed by atoms with van der Waals surface area (Å²) in [5, 5.41) is 5.31. The molecule has 6 nitrogen and oxygen atoms in total. The van der Waals surface area contributed by atoms with Crippen LogP contribution in [0.1, 0.15) is 36.5 Å². The molecule has 2 amide bonds. The first-order valence-electron chi connectivity index (χ1n) is 8.08. The van der Waals surface area contributed by atoms with Gasteiger partial charge in [0.15, 0.2) is 0 Å². The Morgan fingerprint density at radius 2 is 2.22 bits per heavy atom. The molecule has 1 aliphatic rings. The van der Waals surface area contributed by atoms with Crippen LogP contribution < -0.4 is 15.4 Å². The molecule has 0 spiro atoms. The Morgan fingerprint density at radius 3 is 2.96 bits per heavy atom. The molecule has 2 rings (SSSR count). The van der Waals surface area contributed by atoms with Gasteiger partial charge >= 0.3 is 0 Å². The van der Waals surface area contributed by atoms with E-state index in [9.17, 15) is 9.59 Å². The van der Waals surface area contributed by atoms with Crippen molar-refractivity contribution in [2.24, 2.45) is 0 Å². The van der Waals surface area contributed by atoms with Gasteiger partial charge in [-0.15, -0.1) is 0 Å². The number of hydrogen-bond acceptors (Lipinski definition) is 4. The molecule has 6 heteroatoms. The number of rotatable bonds is 8. The number of nitrogens with one attached hydrogen (secondary N) is 2. The molecule has 0 aromatic heterocycles. The van der Waals surface area contributed by atoms with Gasteiger partial charge in [0, 0.05) is 18.7 Å². The molecule has 0 aliphatic carbocycles. The number of benzene rings is 1. The van der Waals surface area contributed by atoms with Crippen LogP contribution in [0.2, 0.25) is 0 Å². The summed E-state index contributed by atoms with van der Waals surface area (Å²) in [4.78, 5) is 23.6. The highest BCUT2D eigenvalue weighted by Gasteiger charge is 2.16. The van der Waals surface area contributed by atoms with Crippen LogP contribution in [0.4, 0.5) is 0 Å². The molecule has 1 heterocycles. The highest BCUT2D eigenvalue weighted by atomic mass is 16.5. The van der Waals surface area contributed by atoms with E-state index in [1.165, 1.54) is 0 Å². The molecule has 0 saturated carbocycles.